The van der Waals surface area contributed by atoms with E-state index >= 15 is 0 Å². The highest BCUT2D eigenvalue weighted by atomic mass is 16.5. The quantitative estimate of drug-likeness (QED) is 0.938. The average molecular weight is 325 g/mol. The molecule has 5 nitrogen and oxygen atoms in total. The van der Waals surface area contributed by atoms with E-state index in [1.54, 1.807) is 19.4 Å². The Bertz CT molecular complexity index is 698. The fourth-order valence-electron chi connectivity index (χ4n) is 3.29. The Balaban J connectivity index is 1.66. The summed E-state index contributed by atoms with van der Waals surface area (Å²) in [6, 6.07) is 12.0. The second-order valence-corrected chi connectivity index (χ2v) is 6.36. The fourth-order valence-corrected chi connectivity index (χ4v) is 3.29. The number of methoxy groups -OCH3 is 1. The molecule has 0 radical (unpaired) electrons. The van der Waals surface area contributed by atoms with Crippen molar-refractivity contribution in [2.24, 2.45) is 0 Å². The van der Waals surface area contributed by atoms with Crippen LogP contribution in [0.5, 0.6) is 5.75 Å². The topological polar surface area (TPSA) is 68.5 Å². The first-order chi connectivity index (χ1) is 11.6. The van der Waals surface area contributed by atoms with Crippen molar-refractivity contribution in [1.29, 1.82) is 0 Å². The molecule has 0 saturated carbocycles. The summed E-state index contributed by atoms with van der Waals surface area (Å²) in [7, 11) is 1.66. The summed E-state index contributed by atoms with van der Waals surface area (Å²) in [6.45, 7) is 2.86. The molecule has 2 heterocycles. The van der Waals surface area contributed by atoms with Crippen LogP contribution in [-0.2, 0) is 11.2 Å². The van der Waals surface area contributed by atoms with E-state index in [1.165, 1.54) is 5.56 Å². The van der Waals surface area contributed by atoms with Crippen LogP contribution in [0.15, 0.2) is 42.6 Å². The number of nitrogen functional groups attached to an aromatic ring is 1. The number of ether oxygens (including phenoxy) is 1. The first-order valence-corrected chi connectivity index (χ1v) is 8.20. The minimum Gasteiger partial charge on any atom is -0.497 e. The van der Waals surface area contributed by atoms with Gasteiger partial charge < -0.3 is 15.4 Å². The second-order valence-electron chi connectivity index (χ2n) is 6.36. The molecule has 2 N–H and O–H groups in total. The smallest absolute Gasteiger partial charge is 0.228 e. The van der Waals surface area contributed by atoms with E-state index in [0.29, 0.717) is 18.0 Å². The lowest BCUT2D eigenvalue weighted by molar-refractivity contribution is -0.131. The minimum absolute atomic E-state index is 0.121. The van der Waals surface area contributed by atoms with Crippen LogP contribution in [0.3, 0.4) is 0 Å². The van der Waals surface area contributed by atoms with E-state index in [-0.39, 0.29) is 11.9 Å². The fraction of sp³-hybridized carbons (Fsp3) is 0.368. The Morgan fingerprint density at radius 3 is 2.67 bits per heavy atom. The number of nitrogens with two attached hydrogens (primary N) is 1. The summed E-state index contributed by atoms with van der Waals surface area (Å²) in [5.74, 6) is 1.34. The summed E-state index contributed by atoms with van der Waals surface area (Å²) in [6.07, 6.45) is 2.89. The molecule has 1 aliphatic rings. The molecule has 2 unspecified atom stereocenters. The summed E-state index contributed by atoms with van der Waals surface area (Å²) < 4.78 is 5.21. The summed E-state index contributed by atoms with van der Waals surface area (Å²) in [4.78, 5) is 18.8. The minimum atomic E-state index is 0.121. The molecule has 2 atom stereocenters. The van der Waals surface area contributed by atoms with E-state index in [1.807, 2.05) is 23.1 Å². The number of anilines is 1. The first-order valence-electron chi connectivity index (χ1n) is 8.20. The van der Waals surface area contributed by atoms with Crippen molar-refractivity contribution in [3.8, 4) is 5.75 Å². The van der Waals surface area contributed by atoms with Gasteiger partial charge in [-0.2, -0.15) is 0 Å². The Morgan fingerprint density at radius 1 is 1.29 bits per heavy atom. The molecule has 1 aromatic carbocycles. The predicted octanol–water partition coefficient (Wildman–Crippen LogP) is 2.62. The highest BCUT2D eigenvalue weighted by Gasteiger charge is 2.33. The van der Waals surface area contributed by atoms with E-state index in [4.69, 9.17) is 10.5 Å². The molecule has 1 aromatic heterocycles. The molecule has 126 valence electrons. The second kappa shape index (κ2) is 6.91. The van der Waals surface area contributed by atoms with Crippen molar-refractivity contribution in [2.75, 3.05) is 19.4 Å². The van der Waals surface area contributed by atoms with E-state index in [0.717, 1.165) is 24.4 Å². The Labute approximate surface area is 142 Å². The molecule has 0 bridgehead atoms. The molecule has 1 aliphatic heterocycles. The highest BCUT2D eigenvalue weighted by molar-refractivity contribution is 5.79. The number of carbonyl (C=O) groups is 1. The maximum Gasteiger partial charge on any atom is 0.228 e. The number of carbonyl (C=O) groups excluding carboxylic acids is 1. The van der Waals surface area contributed by atoms with E-state index < -0.39 is 0 Å². The predicted molar refractivity (Wildman–Crippen MR) is 93.9 cm³/mol. The number of rotatable bonds is 4. The maximum absolute atomic E-state index is 12.6. The number of nitrogens with zero attached hydrogens (tertiary/aromatic N) is 2. The largest absolute Gasteiger partial charge is 0.497 e. The van der Waals surface area contributed by atoms with Gasteiger partial charge in [0.15, 0.2) is 0 Å². The van der Waals surface area contributed by atoms with Gasteiger partial charge in [0.05, 0.1) is 25.4 Å². The van der Waals surface area contributed by atoms with Crippen LogP contribution < -0.4 is 10.5 Å². The molecule has 0 spiro atoms. The molecule has 3 rings (SSSR count). The number of likely N-dealkylation sites (tertiary alicyclic amines) is 1. The zero-order chi connectivity index (χ0) is 17.1. The lowest BCUT2D eigenvalue weighted by atomic mass is 9.97. The lowest BCUT2D eigenvalue weighted by Gasteiger charge is -2.21. The third kappa shape index (κ3) is 3.50. The van der Waals surface area contributed by atoms with Crippen molar-refractivity contribution in [3.63, 3.8) is 0 Å². The van der Waals surface area contributed by atoms with Gasteiger partial charge in [-0.1, -0.05) is 12.1 Å². The Morgan fingerprint density at radius 2 is 2.04 bits per heavy atom. The van der Waals surface area contributed by atoms with E-state index in [9.17, 15) is 4.79 Å². The van der Waals surface area contributed by atoms with Crippen LogP contribution in [0.4, 0.5) is 5.69 Å². The number of benzene rings is 1. The standard InChI is InChI=1S/C19H23N3O2/c1-13-9-15(14-3-7-18(24-2)8-4-14)12-22(13)19(23)10-17-6-5-16(20)11-21-17/h3-8,11,13,15H,9-10,12,20H2,1-2H3. The number of hydrogen-bond acceptors (Lipinski definition) is 4. The van der Waals surface area contributed by atoms with E-state index in [2.05, 4.69) is 24.0 Å². The zero-order valence-corrected chi connectivity index (χ0v) is 14.1. The monoisotopic (exact) mass is 325 g/mol. The van der Waals surface area contributed by atoms with Crippen molar-refractivity contribution in [2.45, 2.75) is 31.7 Å². The third-order valence-corrected chi connectivity index (χ3v) is 4.66. The first kappa shape index (κ1) is 16.3. The summed E-state index contributed by atoms with van der Waals surface area (Å²) in [5.41, 5.74) is 8.26. The summed E-state index contributed by atoms with van der Waals surface area (Å²) in [5, 5.41) is 0. The average Bonchev–Trinajstić information content (AvgIpc) is 2.99. The third-order valence-electron chi connectivity index (χ3n) is 4.66. The van der Waals surface area contributed by atoms with Crippen molar-refractivity contribution >= 4 is 11.6 Å². The highest BCUT2D eigenvalue weighted by Crippen LogP contribution is 2.32. The van der Waals surface area contributed by atoms with Crippen LogP contribution in [0.25, 0.3) is 0 Å². The van der Waals surface area contributed by atoms with Gasteiger partial charge in [0.1, 0.15) is 5.75 Å². The number of amides is 1. The molecule has 5 heteroatoms. The zero-order valence-electron chi connectivity index (χ0n) is 14.1. The normalized spacial score (nSPS) is 20.2. The molecule has 0 aliphatic carbocycles. The van der Waals surface area contributed by atoms with Gasteiger partial charge in [0.25, 0.3) is 0 Å². The van der Waals surface area contributed by atoms with Gasteiger partial charge in [-0.15, -0.1) is 0 Å². The molecular formula is C19H23N3O2. The van der Waals surface area contributed by atoms with Crippen molar-refractivity contribution in [1.82, 2.24) is 9.88 Å². The lowest BCUT2D eigenvalue weighted by Crippen LogP contribution is -2.35. The van der Waals surface area contributed by atoms with Gasteiger partial charge in [-0.25, -0.2) is 0 Å². The molecule has 2 aromatic rings. The Hall–Kier alpha value is -2.56. The Kier molecular flexibility index (Phi) is 4.69. The SMILES string of the molecule is COc1ccc(C2CC(C)N(C(=O)Cc3ccc(N)cn3)C2)cc1. The van der Waals surface area contributed by atoms with Gasteiger partial charge in [-0.3, -0.25) is 9.78 Å². The maximum atomic E-state index is 12.6. The molecule has 1 amide bonds. The molecular weight excluding hydrogens is 302 g/mol. The van der Waals surface area contributed by atoms with Gasteiger partial charge in [-0.05, 0) is 43.2 Å². The van der Waals surface area contributed by atoms with Gasteiger partial charge in [0, 0.05) is 24.2 Å². The van der Waals surface area contributed by atoms with Gasteiger partial charge in [0.2, 0.25) is 5.91 Å². The van der Waals surface area contributed by atoms with Crippen LogP contribution in [-0.4, -0.2) is 35.5 Å². The number of pyridine rings is 1. The van der Waals surface area contributed by atoms with Crippen molar-refractivity contribution in [3.05, 3.63) is 53.9 Å². The van der Waals surface area contributed by atoms with Crippen molar-refractivity contribution < 1.29 is 9.53 Å². The van der Waals surface area contributed by atoms with Gasteiger partial charge >= 0.3 is 0 Å². The van der Waals surface area contributed by atoms with Crippen LogP contribution >= 0.6 is 0 Å². The number of hydrogen-bond donors (Lipinski definition) is 1. The summed E-state index contributed by atoms with van der Waals surface area (Å²) >= 11 is 0. The van der Waals surface area contributed by atoms with Crippen LogP contribution in [0.1, 0.15) is 30.5 Å². The number of aromatic nitrogens is 1. The molecule has 1 fully saturated rings. The van der Waals surface area contributed by atoms with Crippen LogP contribution in [0.2, 0.25) is 0 Å². The van der Waals surface area contributed by atoms with Crippen LogP contribution in [0, 0.1) is 0 Å². The molecule has 24 heavy (non-hydrogen) atoms. The molecule has 1 saturated heterocycles.